The molecule has 78 valence electrons. The number of halogens is 1. The van der Waals surface area contributed by atoms with Gasteiger partial charge in [-0.05, 0) is 32.0 Å². The first kappa shape index (κ1) is 10.9. The highest BCUT2D eigenvalue weighted by molar-refractivity contribution is 5.37. The molecule has 0 radical (unpaired) electrons. The lowest BCUT2D eigenvalue weighted by Crippen LogP contribution is -2.31. The molecule has 0 bridgehead atoms. The van der Waals surface area contributed by atoms with E-state index in [0.717, 1.165) is 12.2 Å². The second-order valence-electron chi connectivity index (χ2n) is 3.37. The van der Waals surface area contributed by atoms with Crippen LogP contribution in [0.4, 0.5) is 10.2 Å². The summed E-state index contributed by atoms with van der Waals surface area (Å²) in [5.74, 6) is 0.459. The van der Waals surface area contributed by atoms with E-state index in [4.69, 9.17) is 5.73 Å². The van der Waals surface area contributed by atoms with Crippen molar-refractivity contribution in [2.24, 2.45) is 5.73 Å². The second kappa shape index (κ2) is 4.91. The summed E-state index contributed by atoms with van der Waals surface area (Å²) >= 11 is 0. The smallest absolute Gasteiger partial charge is 0.141 e. The van der Waals surface area contributed by atoms with E-state index in [0.29, 0.717) is 12.6 Å². The van der Waals surface area contributed by atoms with Crippen LogP contribution in [0, 0.1) is 5.82 Å². The molecule has 1 aromatic heterocycles. The molecule has 3 nitrogen and oxygen atoms in total. The highest BCUT2D eigenvalue weighted by Crippen LogP contribution is 2.13. The molecule has 4 heteroatoms. The molecule has 0 fully saturated rings. The third kappa shape index (κ3) is 2.67. The maximum absolute atomic E-state index is 12.6. The van der Waals surface area contributed by atoms with Gasteiger partial charge in [0.15, 0.2) is 0 Å². The van der Waals surface area contributed by atoms with Crippen molar-refractivity contribution in [1.82, 2.24) is 4.98 Å². The summed E-state index contributed by atoms with van der Waals surface area (Å²) in [6.07, 6.45) is 2.12. The summed E-state index contributed by atoms with van der Waals surface area (Å²) in [7, 11) is 1.93. The molecule has 0 saturated carbocycles. The Bertz CT molecular complexity index is 273. The number of rotatable bonds is 4. The van der Waals surface area contributed by atoms with Crippen LogP contribution in [0.3, 0.4) is 0 Å². The van der Waals surface area contributed by atoms with Gasteiger partial charge < -0.3 is 10.6 Å². The SMILES string of the molecule is CC(CCN)N(C)c1ccc(F)cn1. The predicted octanol–water partition coefficient (Wildman–Crippen LogP) is 1.39. The van der Waals surface area contributed by atoms with E-state index in [2.05, 4.69) is 11.9 Å². The van der Waals surface area contributed by atoms with Crippen LogP contribution >= 0.6 is 0 Å². The van der Waals surface area contributed by atoms with Crippen LogP contribution in [0.5, 0.6) is 0 Å². The molecule has 0 spiro atoms. The largest absolute Gasteiger partial charge is 0.357 e. The van der Waals surface area contributed by atoms with Crippen molar-refractivity contribution in [2.45, 2.75) is 19.4 Å². The van der Waals surface area contributed by atoms with Gasteiger partial charge in [0.05, 0.1) is 6.20 Å². The summed E-state index contributed by atoms with van der Waals surface area (Å²) in [5.41, 5.74) is 5.46. The molecule has 0 aromatic carbocycles. The topological polar surface area (TPSA) is 42.1 Å². The molecule has 1 atom stereocenters. The number of pyridine rings is 1. The molecule has 1 unspecified atom stereocenters. The lowest BCUT2D eigenvalue weighted by molar-refractivity contribution is 0.610. The molecule has 0 amide bonds. The first-order valence-corrected chi connectivity index (χ1v) is 4.69. The Kier molecular flexibility index (Phi) is 3.83. The van der Waals surface area contributed by atoms with Crippen LogP contribution in [0.1, 0.15) is 13.3 Å². The minimum absolute atomic E-state index is 0.311. The zero-order valence-corrected chi connectivity index (χ0v) is 8.57. The summed E-state index contributed by atoms with van der Waals surface area (Å²) < 4.78 is 12.6. The number of aromatic nitrogens is 1. The maximum Gasteiger partial charge on any atom is 0.141 e. The molecule has 1 aromatic rings. The quantitative estimate of drug-likeness (QED) is 0.793. The first-order chi connectivity index (χ1) is 6.65. The van der Waals surface area contributed by atoms with Crippen molar-refractivity contribution >= 4 is 5.82 Å². The third-order valence-electron chi connectivity index (χ3n) is 2.32. The van der Waals surface area contributed by atoms with E-state index >= 15 is 0 Å². The van der Waals surface area contributed by atoms with E-state index in [-0.39, 0.29) is 5.82 Å². The second-order valence-corrected chi connectivity index (χ2v) is 3.37. The van der Waals surface area contributed by atoms with Crippen LogP contribution in [0.2, 0.25) is 0 Å². The van der Waals surface area contributed by atoms with Gasteiger partial charge in [-0.1, -0.05) is 0 Å². The van der Waals surface area contributed by atoms with Gasteiger partial charge in [-0.2, -0.15) is 0 Å². The van der Waals surface area contributed by atoms with Gasteiger partial charge in [0, 0.05) is 13.1 Å². The van der Waals surface area contributed by atoms with Crippen molar-refractivity contribution in [3.05, 3.63) is 24.1 Å². The van der Waals surface area contributed by atoms with Crippen LogP contribution < -0.4 is 10.6 Å². The van der Waals surface area contributed by atoms with Crippen molar-refractivity contribution in [1.29, 1.82) is 0 Å². The predicted molar refractivity (Wildman–Crippen MR) is 55.7 cm³/mol. The monoisotopic (exact) mass is 197 g/mol. The standard InChI is InChI=1S/C10H16FN3/c1-8(5-6-12)14(2)10-4-3-9(11)7-13-10/h3-4,7-8H,5-6,12H2,1-2H3. The molecule has 0 aliphatic rings. The summed E-state index contributed by atoms with van der Waals surface area (Å²) in [6.45, 7) is 2.71. The fourth-order valence-corrected chi connectivity index (χ4v) is 1.24. The zero-order valence-electron chi connectivity index (χ0n) is 8.57. The molecular weight excluding hydrogens is 181 g/mol. The van der Waals surface area contributed by atoms with Crippen molar-refractivity contribution < 1.29 is 4.39 Å². The van der Waals surface area contributed by atoms with Gasteiger partial charge in [0.2, 0.25) is 0 Å². The molecule has 14 heavy (non-hydrogen) atoms. The van der Waals surface area contributed by atoms with Gasteiger partial charge in [-0.3, -0.25) is 0 Å². The minimum Gasteiger partial charge on any atom is -0.357 e. The molecule has 1 rings (SSSR count). The Morgan fingerprint density at radius 1 is 1.57 bits per heavy atom. The van der Waals surface area contributed by atoms with Crippen molar-refractivity contribution in [2.75, 3.05) is 18.5 Å². The number of anilines is 1. The summed E-state index contributed by atoms with van der Waals surface area (Å²) in [6, 6.07) is 3.40. The first-order valence-electron chi connectivity index (χ1n) is 4.69. The van der Waals surface area contributed by atoms with Crippen molar-refractivity contribution in [3.63, 3.8) is 0 Å². The molecule has 0 aliphatic carbocycles. The average Bonchev–Trinajstić information content (AvgIpc) is 2.18. The van der Waals surface area contributed by atoms with Crippen LogP contribution in [0.25, 0.3) is 0 Å². The van der Waals surface area contributed by atoms with Gasteiger partial charge >= 0.3 is 0 Å². The number of hydrogen-bond acceptors (Lipinski definition) is 3. The maximum atomic E-state index is 12.6. The Morgan fingerprint density at radius 3 is 2.79 bits per heavy atom. The Morgan fingerprint density at radius 2 is 2.29 bits per heavy atom. The Labute approximate surface area is 83.7 Å². The molecular formula is C10H16FN3. The van der Waals surface area contributed by atoms with Crippen LogP contribution in [0.15, 0.2) is 18.3 Å². The normalized spacial score (nSPS) is 12.6. The lowest BCUT2D eigenvalue weighted by atomic mass is 10.2. The fourth-order valence-electron chi connectivity index (χ4n) is 1.24. The van der Waals surface area contributed by atoms with Crippen molar-refractivity contribution in [3.8, 4) is 0 Å². The third-order valence-corrected chi connectivity index (χ3v) is 2.32. The van der Waals surface area contributed by atoms with E-state index < -0.39 is 0 Å². The van der Waals surface area contributed by atoms with E-state index in [9.17, 15) is 4.39 Å². The fraction of sp³-hybridized carbons (Fsp3) is 0.500. The van der Waals surface area contributed by atoms with Gasteiger partial charge in [0.25, 0.3) is 0 Å². The highest BCUT2D eigenvalue weighted by Gasteiger charge is 2.09. The number of nitrogens with two attached hydrogens (primary N) is 1. The lowest BCUT2D eigenvalue weighted by Gasteiger charge is -2.25. The van der Waals surface area contributed by atoms with Crippen LogP contribution in [-0.4, -0.2) is 24.6 Å². The molecule has 2 N–H and O–H groups in total. The molecule has 0 aliphatic heterocycles. The van der Waals surface area contributed by atoms with Gasteiger partial charge in [0.1, 0.15) is 11.6 Å². The van der Waals surface area contributed by atoms with Crippen LogP contribution in [-0.2, 0) is 0 Å². The van der Waals surface area contributed by atoms with Gasteiger partial charge in [-0.15, -0.1) is 0 Å². The Hall–Kier alpha value is -1.16. The van der Waals surface area contributed by atoms with E-state index in [1.54, 1.807) is 6.07 Å². The molecule has 1 heterocycles. The summed E-state index contributed by atoms with van der Waals surface area (Å²) in [5, 5.41) is 0. The molecule has 0 saturated heterocycles. The average molecular weight is 197 g/mol. The van der Waals surface area contributed by atoms with E-state index in [1.165, 1.54) is 12.3 Å². The summed E-state index contributed by atoms with van der Waals surface area (Å²) in [4.78, 5) is 5.98. The zero-order chi connectivity index (χ0) is 10.6. The minimum atomic E-state index is -0.311. The Balaban J connectivity index is 2.68. The number of hydrogen-bond donors (Lipinski definition) is 1. The van der Waals surface area contributed by atoms with E-state index in [1.807, 2.05) is 11.9 Å². The highest BCUT2D eigenvalue weighted by atomic mass is 19.1. The van der Waals surface area contributed by atoms with Gasteiger partial charge in [-0.25, -0.2) is 9.37 Å². The number of nitrogens with zero attached hydrogens (tertiary/aromatic N) is 2.